The van der Waals surface area contributed by atoms with E-state index < -0.39 is 69.6 Å². The Labute approximate surface area is 203 Å². The third-order valence-electron chi connectivity index (χ3n) is 5.76. The first-order chi connectivity index (χ1) is 17.4. The smallest absolute Gasteiger partial charge is 0.419 e. The van der Waals surface area contributed by atoms with Gasteiger partial charge in [0, 0.05) is 17.2 Å². The lowest BCUT2D eigenvalue weighted by Crippen LogP contribution is -2.24. The third-order valence-corrected chi connectivity index (χ3v) is 5.76. The SMILES string of the molecule is O=C(NO)c1cc(NC(=O)c2c(C3CCOc4c3ccc(F)c4F)ccc(C(F)(F)F)c2F)ccc1F. The molecule has 0 spiro atoms. The molecule has 37 heavy (non-hydrogen) atoms. The Kier molecular flexibility index (Phi) is 6.82. The molecule has 0 saturated heterocycles. The zero-order valence-corrected chi connectivity index (χ0v) is 18.4. The van der Waals surface area contributed by atoms with Gasteiger partial charge in [-0.1, -0.05) is 12.1 Å². The Morgan fingerprint density at radius 3 is 2.24 bits per heavy atom. The van der Waals surface area contributed by atoms with E-state index in [1.54, 1.807) is 0 Å². The Balaban J connectivity index is 1.84. The summed E-state index contributed by atoms with van der Waals surface area (Å²) in [6, 6.07) is 5.63. The molecule has 1 aliphatic rings. The number of fused-ring (bicyclic) bond motifs is 1. The highest BCUT2D eigenvalue weighted by atomic mass is 19.4. The zero-order chi connectivity index (χ0) is 27.1. The standard InChI is InChI=1S/C24H15F7N2O4/c25-16-5-1-10(9-14(16)22(34)33-36)32-23(35)18-12(2-4-15(19(18)27)24(29,30)31)11-7-8-37-21-13(11)3-6-17(26)20(21)28/h1-6,9,11,36H,7-8H2,(H,32,35)(H,33,34). The van der Waals surface area contributed by atoms with Crippen LogP contribution in [0, 0.1) is 23.3 Å². The summed E-state index contributed by atoms with van der Waals surface area (Å²) < 4.78 is 103. The van der Waals surface area contributed by atoms with Gasteiger partial charge in [0.25, 0.3) is 11.8 Å². The maximum Gasteiger partial charge on any atom is 0.419 e. The normalized spacial score (nSPS) is 15.0. The van der Waals surface area contributed by atoms with E-state index in [0.29, 0.717) is 6.07 Å². The lowest BCUT2D eigenvalue weighted by atomic mass is 9.83. The number of hydroxylamine groups is 1. The lowest BCUT2D eigenvalue weighted by molar-refractivity contribution is -0.140. The molecule has 6 nitrogen and oxygen atoms in total. The van der Waals surface area contributed by atoms with Gasteiger partial charge in [-0.25, -0.2) is 18.7 Å². The number of halogens is 7. The Morgan fingerprint density at radius 2 is 1.57 bits per heavy atom. The quantitative estimate of drug-likeness (QED) is 0.236. The number of alkyl halides is 3. The lowest BCUT2D eigenvalue weighted by Gasteiger charge is -2.28. The van der Waals surface area contributed by atoms with Gasteiger partial charge in [-0.2, -0.15) is 17.6 Å². The van der Waals surface area contributed by atoms with Crippen LogP contribution in [0.15, 0.2) is 42.5 Å². The van der Waals surface area contributed by atoms with Crippen LogP contribution in [0.3, 0.4) is 0 Å². The fraction of sp³-hybridized carbons (Fsp3) is 0.167. The van der Waals surface area contributed by atoms with Crippen LogP contribution < -0.4 is 15.5 Å². The maximum atomic E-state index is 15.3. The van der Waals surface area contributed by atoms with Crippen molar-refractivity contribution >= 4 is 17.5 Å². The maximum absolute atomic E-state index is 15.3. The molecular formula is C24H15F7N2O4. The zero-order valence-electron chi connectivity index (χ0n) is 18.4. The van der Waals surface area contributed by atoms with Gasteiger partial charge in [-0.3, -0.25) is 14.8 Å². The average molecular weight is 528 g/mol. The van der Waals surface area contributed by atoms with Crippen molar-refractivity contribution in [2.75, 3.05) is 11.9 Å². The molecule has 0 bridgehead atoms. The minimum atomic E-state index is -5.18. The van der Waals surface area contributed by atoms with E-state index in [2.05, 4.69) is 5.32 Å². The minimum absolute atomic E-state index is 0.0120. The second kappa shape index (κ2) is 9.73. The summed E-state index contributed by atoms with van der Waals surface area (Å²) in [5.41, 5.74) is -2.92. The van der Waals surface area contributed by atoms with E-state index in [1.807, 2.05) is 0 Å². The number of benzene rings is 3. The molecule has 0 aliphatic carbocycles. The number of anilines is 1. The fourth-order valence-electron chi connectivity index (χ4n) is 4.09. The number of hydrogen-bond acceptors (Lipinski definition) is 4. The predicted octanol–water partition coefficient (Wildman–Crippen LogP) is 5.55. The van der Waals surface area contributed by atoms with Crippen LogP contribution >= 0.6 is 0 Å². The van der Waals surface area contributed by atoms with Crippen LogP contribution in [0.2, 0.25) is 0 Å². The van der Waals surface area contributed by atoms with E-state index in [9.17, 15) is 35.9 Å². The predicted molar refractivity (Wildman–Crippen MR) is 113 cm³/mol. The first kappa shape index (κ1) is 25.9. The van der Waals surface area contributed by atoms with Crippen LogP contribution in [-0.2, 0) is 6.18 Å². The largest absolute Gasteiger partial charge is 0.490 e. The highest BCUT2D eigenvalue weighted by Crippen LogP contribution is 2.43. The van der Waals surface area contributed by atoms with Crippen molar-refractivity contribution in [1.29, 1.82) is 0 Å². The van der Waals surface area contributed by atoms with Crippen molar-refractivity contribution < 1.29 is 50.3 Å². The van der Waals surface area contributed by atoms with Crippen molar-refractivity contribution in [3.05, 3.63) is 93.6 Å². The molecule has 0 fully saturated rings. The molecule has 4 rings (SSSR count). The van der Waals surface area contributed by atoms with Crippen molar-refractivity contribution in [1.82, 2.24) is 5.48 Å². The Morgan fingerprint density at radius 1 is 0.892 bits per heavy atom. The summed E-state index contributed by atoms with van der Waals surface area (Å²) in [5, 5.41) is 10.8. The van der Waals surface area contributed by atoms with Crippen molar-refractivity contribution in [3.63, 3.8) is 0 Å². The number of hydrogen-bond donors (Lipinski definition) is 3. The molecule has 0 aromatic heterocycles. The molecule has 3 aromatic carbocycles. The molecule has 2 amide bonds. The van der Waals surface area contributed by atoms with Crippen molar-refractivity contribution in [2.45, 2.75) is 18.5 Å². The van der Waals surface area contributed by atoms with Gasteiger partial charge in [0.2, 0.25) is 5.82 Å². The van der Waals surface area contributed by atoms with Gasteiger partial charge < -0.3 is 10.1 Å². The van der Waals surface area contributed by atoms with E-state index >= 15 is 4.39 Å². The highest BCUT2D eigenvalue weighted by molar-refractivity contribution is 6.06. The summed E-state index contributed by atoms with van der Waals surface area (Å²) in [6.07, 6.45) is -5.19. The topological polar surface area (TPSA) is 87.7 Å². The molecule has 1 aliphatic heterocycles. The first-order valence-electron chi connectivity index (χ1n) is 10.5. The highest BCUT2D eigenvalue weighted by Gasteiger charge is 2.39. The molecule has 13 heteroatoms. The summed E-state index contributed by atoms with van der Waals surface area (Å²) in [7, 11) is 0. The number of nitrogens with one attached hydrogen (secondary N) is 2. The number of amides is 2. The second-order valence-corrected chi connectivity index (χ2v) is 7.95. The molecule has 1 unspecified atom stereocenters. The fourth-order valence-corrected chi connectivity index (χ4v) is 4.09. The number of carbonyl (C=O) groups is 2. The van der Waals surface area contributed by atoms with Gasteiger partial charge in [0.15, 0.2) is 11.6 Å². The van der Waals surface area contributed by atoms with E-state index in [1.165, 1.54) is 5.48 Å². The Hall–Kier alpha value is -4.13. The van der Waals surface area contributed by atoms with Gasteiger partial charge in [-0.05, 0) is 42.3 Å². The van der Waals surface area contributed by atoms with Crippen LogP contribution in [0.1, 0.15) is 49.7 Å². The number of rotatable bonds is 4. The van der Waals surface area contributed by atoms with Crippen molar-refractivity contribution in [2.24, 2.45) is 0 Å². The molecule has 1 atom stereocenters. The molecule has 0 saturated carbocycles. The molecule has 0 radical (unpaired) electrons. The first-order valence-corrected chi connectivity index (χ1v) is 10.5. The second-order valence-electron chi connectivity index (χ2n) is 7.95. The van der Waals surface area contributed by atoms with Crippen molar-refractivity contribution in [3.8, 4) is 5.75 Å². The van der Waals surface area contributed by atoms with E-state index in [0.717, 1.165) is 36.4 Å². The van der Waals surface area contributed by atoms with Crippen LogP contribution in [-0.4, -0.2) is 23.6 Å². The summed E-state index contributed by atoms with van der Waals surface area (Å²) >= 11 is 0. The van der Waals surface area contributed by atoms with Crippen LogP contribution in [0.25, 0.3) is 0 Å². The van der Waals surface area contributed by atoms with Crippen LogP contribution in [0.5, 0.6) is 5.75 Å². The van der Waals surface area contributed by atoms with Crippen LogP contribution in [0.4, 0.5) is 36.4 Å². The molecule has 194 valence electrons. The van der Waals surface area contributed by atoms with Gasteiger partial charge in [0.05, 0.1) is 23.3 Å². The van der Waals surface area contributed by atoms with E-state index in [4.69, 9.17) is 9.94 Å². The van der Waals surface area contributed by atoms with Gasteiger partial charge in [-0.15, -0.1) is 0 Å². The summed E-state index contributed by atoms with van der Waals surface area (Å²) in [6.45, 7) is -0.209. The molecule has 1 heterocycles. The third kappa shape index (κ3) is 4.81. The number of ether oxygens (including phenoxy) is 1. The molecule has 3 N–H and O–H groups in total. The summed E-state index contributed by atoms with van der Waals surface area (Å²) in [5.74, 6) is -9.85. The monoisotopic (exact) mass is 528 g/mol. The van der Waals surface area contributed by atoms with Gasteiger partial charge in [0.1, 0.15) is 11.6 Å². The summed E-state index contributed by atoms with van der Waals surface area (Å²) in [4.78, 5) is 24.7. The Bertz CT molecular complexity index is 1410. The average Bonchev–Trinajstić information content (AvgIpc) is 2.85. The minimum Gasteiger partial charge on any atom is -0.490 e. The van der Waals surface area contributed by atoms with E-state index in [-0.39, 0.29) is 29.8 Å². The molecule has 3 aromatic rings. The van der Waals surface area contributed by atoms with Gasteiger partial charge >= 0.3 is 6.18 Å². The number of carbonyl (C=O) groups excluding carboxylic acids is 2. The molecular weight excluding hydrogens is 513 g/mol.